The Bertz CT molecular complexity index is 405. The molecular formula is C13H19FN2O. The van der Waals surface area contributed by atoms with Crippen LogP contribution in [0.15, 0.2) is 12.1 Å². The van der Waals surface area contributed by atoms with E-state index in [0.29, 0.717) is 18.3 Å². The Balaban J connectivity index is 2.16. The number of nitrogen functional groups attached to an aromatic ring is 1. The van der Waals surface area contributed by atoms with Gasteiger partial charge >= 0.3 is 0 Å². The second-order valence-electron chi connectivity index (χ2n) is 4.57. The molecule has 17 heavy (non-hydrogen) atoms. The van der Waals surface area contributed by atoms with E-state index >= 15 is 0 Å². The van der Waals surface area contributed by atoms with Crippen LogP contribution in [0.2, 0.25) is 0 Å². The van der Waals surface area contributed by atoms with Gasteiger partial charge in [-0.25, -0.2) is 4.39 Å². The minimum atomic E-state index is -0.408. The highest BCUT2D eigenvalue weighted by Gasteiger charge is 2.28. The highest BCUT2D eigenvalue weighted by atomic mass is 19.1. The molecule has 1 fully saturated rings. The summed E-state index contributed by atoms with van der Waals surface area (Å²) >= 11 is 0. The molecule has 0 spiro atoms. The van der Waals surface area contributed by atoms with Gasteiger partial charge < -0.3 is 15.8 Å². The van der Waals surface area contributed by atoms with E-state index in [2.05, 4.69) is 12.2 Å². The van der Waals surface area contributed by atoms with Crippen LogP contribution in [0.5, 0.6) is 5.75 Å². The predicted molar refractivity (Wildman–Crippen MR) is 67.8 cm³/mol. The Morgan fingerprint density at radius 1 is 1.53 bits per heavy atom. The van der Waals surface area contributed by atoms with Crippen molar-refractivity contribution in [2.24, 2.45) is 5.92 Å². The molecule has 1 unspecified atom stereocenters. The maximum Gasteiger partial charge on any atom is 0.167 e. The third kappa shape index (κ3) is 2.81. The first-order valence-corrected chi connectivity index (χ1v) is 6.10. The van der Waals surface area contributed by atoms with Crippen LogP contribution < -0.4 is 15.8 Å². The van der Waals surface area contributed by atoms with Crippen LogP contribution in [0.3, 0.4) is 0 Å². The molecule has 0 radical (unpaired) electrons. The van der Waals surface area contributed by atoms with Crippen LogP contribution in [0.4, 0.5) is 15.8 Å². The van der Waals surface area contributed by atoms with Crippen LogP contribution in [-0.4, -0.2) is 12.6 Å². The zero-order valence-electron chi connectivity index (χ0n) is 10.3. The molecular weight excluding hydrogens is 219 g/mol. The molecule has 3 nitrogen and oxygen atoms in total. The minimum absolute atomic E-state index is 0.257. The Labute approximate surface area is 101 Å². The summed E-state index contributed by atoms with van der Waals surface area (Å²) in [5.74, 6) is 0.566. The summed E-state index contributed by atoms with van der Waals surface area (Å²) in [6.45, 7) is 4.40. The van der Waals surface area contributed by atoms with E-state index in [1.165, 1.54) is 18.9 Å². The molecule has 1 aliphatic rings. The molecule has 1 aromatic carbocycles. The molecule has 4 heteroatoms. The van der Waals surface area contributed by atoms with Crippen molar-refractivity contribution >= 4 is 11.4 Å². The van der Waals surface area contributed by atoms with E-state index in [-0.39, 0.29) is 5.75 Å². The fraction of sp³-hybridized carbons (Fsp3) is 0.538. The molecule has 1 aliphatic carbocycles. The van der Waals surface area contributed by atoms with Crippen molar-refractivity contribution in [3.8, 4) is 5.75 Å². The number of nitrogens with two attached hydrogens (primary N) is 1. The fourth-order valence-electron chi connectivity index (χ4n) is 1.92. The molecule has 0 heterocycles. The lowest BCUT2D eigenvalue weighted by molar-refractivity contribution is 0.322. The van der Waals surface area contributed by atoms with Gasteiger partial charge in [-0.05, 0) is 32.6 Å². The van der Waals surface area contributed by atoms with Gasteiger partial charge in [-0.3, -0.25) is 0 Å². The summed E-state index contributed by atoms with van der Waals surface area (Å²) in [5.41, 5.74) is 6.98. The van der Waals surface area contributed by atoms with E-state index in [0.717, 1.165) is 11.6 Å². The topological polar surface area (TPSA) is 47.3 Å². The maximum atomic E-state index is 13.5. The zero-order chi connectivity index (χ0) is 12.4. The van der Waals surface area contributed by atoms with Crippen molar-refractivity contribution in [1.29, 1.82) is 0 Å². The average molecular weight is 238 g/mol. The van der Waals surface area contributed by atoms with E-state index in [4.69, 9.17) is 10.5 Å². The summed E-state index contributed by atoms with van der Waals surface area (Å²) in [7, 11) is 0. The van der Waals surface area contributed by atoms with Gasteiger partial charge in [-0.15, -0.1) is 0 Å². The maximum absolute atomic E-state index is 13.5. The van der Waals surface area contributed by atoms with Gasteiger partial charge in [0.2, 0.25) is 0 Å². The number of anilines is 2. The van der Waals surface area contributed by atoms with Crippen molar-refractivity contribution < 1.29 is 9.13 Å². The molecule has 1 saturated carbocycles. The molecule has 0 saturated heterocycles. The molecule has 3 N–H and O–H groups in total. The Morgan fingerprint density at radius 3 is 2.82 bits per heavy atom. The molecule has 1 atom stereocenters. The Morgan fingerprint density at radius 2 is 2.24 bits per heavy atom. The molecule has 0 bridgehead atoms. The zero-order valence-corrected chi connectivity index (χ0v) is 10.3. The summed E-state index contributed by atoms with van der Waals surface area (Å²) in [5, 5.41) is 3.33. The number of nitrogens with one attached hydrogen (secondary N) is 1. The van der Waals surface area contributed by atoms with Gasteiger partial charge in [0.1, 0.15) is 0 Å². The van der Waals surface area contributed by atoms with Crippen LogP contribution >= 0.6 is 0 Å². The van der Waals surface area contributed by atoms with Crippen LogP contribution in [0.1, 0.15) is 26.7 Å². The van der Waals surface area contributed by atoms with Crippen LogP contribution in [0.25, 0.3) is 0 Å². The van der Waals surface area contributed by atoms with Crippen molar-refractivity contribution in [1.82, 2.24) is 0 Å². The number of hydrogen-bond acceptors (Lipinski definition) is 3. The van der Waals surface area contributed by atoms with Crippen molar-refractivity contribution in [2.45, 2.75) is 32.7 Å². The summed E-state index contributed by atoms with van der Waals surface area (Å²) < 4.78 is 18.7. The minimum Gasteiger partial charge on any atom is -0.491 e. The summed E-state index contributed by atoms with van der Waals surface area (Å²) in [6, 6.07) is 3.33. The number of halogens is 1. The van der Waals surface area contributed by atoms with Crippen molar-refractivity contribution in [3.05, 3.63) is 17.9 Å². The molecule has 0 aliphatic heterocycles. The predicted octanol–water partition coefficient (Wildman–Crippen LogP) is 3.02. The van der Waals surface area contributed by atoms with E-state index in [9.17, 15) is 4.39 Å². The number of hydrogen-bond donors (Lipinski definition) is 2. The Kier molecular flexibility index (Phi) is 3.41. The van der Waals surface area contributed by atoms with Gasteiger partial charge in [0.25, 0.3) is 0 Å². The number of rotatable bonds is 5. The SMILES string of the molecule is CCOc1cc(NC(C)C2CC2)c(N)cc1F. The summed E-state index contributed by atoms with van der Waals surface area (Å²) in [4.78, 5) is 0. The van der Waals surface area contributed by atoms with Gasteiger partial charge in [0, 0.05) is 18.2 Å². The first kappa shape index (κ1) is 12.0. The highest BCUT2D eigenvalue weighted by molar-refractivity contribution is 5.69. The molecule has 1 aromatic rings. The lowest BCUT2D eigenvalue weighted by Gasteiger charge is -2.17. The van der Waals surface area contributed by atoms with Gasteiger partial charge in [-0.1, -0.05) is 0 Å². The fourth-order valence-corrected chi connectivity index (χ4v) is 1.92. The molecule has 94 valence electrons. The van der Waals surface area contributed by atoms with Gasteiger partial charge in [-0.2, -0.15) is 0 Å². The molecule has 0 amide bonds. The number of benzene rings is 1. The summed E-state index contributed by atoms with van der Waals surface area (Å²) in [6.07, 6.45) is 2.52. The average Bonchev–Trinajstić information content (AvgIpc) is 3.08. The standard InChI is InChI=1S/C13H19FN2O/c1-3-17-13-7-12(11(15)6-10(13)14)16-8(2)9-4-5-9/h6-9,16H,3-5,15H2,1-2H3. The van der Waals surface area contributed by atoms with E-state index in [1.54, 1.807) is 6.07 Å². The largest absolute Gasteiger partial charge is 0.491 e. The normalized spacial score (nSPS) is 16.6. The molecule has 0 aromatic heterocycles. The van der Waals surface area contributed by atoms with E-state index < -0.39 is 5.82 Å². The lowest BCUT2D eigenvalue weighted by Crippen LogP contribution is -2.18. The Hall–Kier alpha value is -1.45. The quantitative estimate of drug-likeness (QED) is 0.775. The molecule has 2 rings (SSSR count). The van der Waals surface area contributed by atoms with Crippen LogP contribution in [-0.2, 0) is 0 Å². The van der Waals surface area contributed by atoms with Gasteiger partial charge in [0.15, 0.2) is 11.6 Å². The monoisotopic (exact) mass is 238 g/mol. The van der Waals surface area contributed by atoms with Crippen molar-refractivity contribution in [2.75, 3.05) is 17.7 Å². The van der Waals surface area contributed by atoms with Gasteiger partial charge in [0.05, 0.1) is 18.0 Å². The van der Waals surface area contributed by atoms with Crippen LogP contribution in [0, 0.1) is 11.7 Å². The first-order chi connectivity index (χ1) is 8.11. The first-order valence-electron chi connectivity index (χ1n) is 6.10. The third-order valence-corrected chi connectivity index (χ3v) is 3.12. The second kappa shape index (κ2) is 4.82. The smallest absolute Gasteiger partial charge is 0.167 e. The lowest BCUT2D eigenvalue weighted by atomic mass is 10.2. The third-order valence-electron chi connectivity index (χ3n) is 3.12. The highest BCUT2D eigenvalue weighted by Crippen LogP contribution is 2.36. The number of ether oxygens (including phenoxy) is 1. The van der Waals surface area contributed by atoms with E-state index in [1.807, 2.05) is 6.92 Å². The second-order valence-corrected chi connectivity index (χ2v) is 4.57. The van der Waals surface area contributed by atoms with Crippen molar-refractivity contribution in [3.63, 3.8) is 0 Å².